The fraction of sp³-hybridized carbons (Fsp3) is 0.480. The number of thiazole rings is 1. The van der Waals surface area contributed by atoms with Crippen LogP contribution in [0.4, 0.5) is 8.78 Å². The fourth-order valence-corrected chi connectivity index (χ4v) is 5.91. The Kier molecular flexibility index (Phi) is 6.38. The predicted molar refractivity (Wildman–Crippen MR) is 126 cm³/mol. The van der Waals surface area contributed by atoms with Crippen LogP contribution in [-0.4, -0.2) is 46.3 Å². The van der Waals surface area contributed by atoms with E-state index >= 15 is 0 Å². The highest BCUT2D eigenvalue weighted by molar-refractivity contribution is 7.11. The van der Waals surface area contributed by atoms with Gasteiger partial charge in [0, 0.05) is 60.1 Å². The smallest absolute Gasteiger partial charge is 0.252 e. The van der Waals surface area contributed by atoms with Gasteiger partial charge in [-0.2, -0.15) is 0 Å². The Balaban J connectivity index is 1.37. The third-order valence-corrected chi connectivity index (χ3v) is 8.13. The average molecular weight is 471 g/mol. The van der Waals surface area contributed by atoms with Gasteiger partial charge < -0.3 is 5.32 Å². The molecule has 1 aliphatic heterocycles. The number of carbonyl (C=O) groups is 1. The summed E-state index contributed by atoms with van der Waals surface area (Å²) in [6, 6.07) is 9.04. The number of hydrogen-bond acceptors (Lipinski definition) is 5. The molecule has 1 N–H and O–H groups in total. The van der Waals surface area contributed by atoms with Crippen molar-refractivity contribution in [2.75, 3.05) is 19.6 Å². The molecule has 2 fully saturated rings. The van der Waals surface area contributed by atoms with E-state index in [9.17, 15) is 13.6 Å². The summed E-state index contributed by atoms with van der Waals surface area (Å²) in [5, 5.41) is 5.01. The minimum Gasteiger partial charge on any atom is -0.350 e. The lowest BCUT2D eigenvalue weighted by Gasteiger charge is -2.30. The number of pyridine rings is 1. The van der Waals surface area contributed by atoms with E-state index in [0.717, 1.165) is 20.8 Å². The zero-order valence-corrected chi connectivity index (χ0v) is 19.3. The highest BCUT2D eigenvalue weighted by Crippen LogP contribution is 2.40. The van der Waals surface area contributed by atoms with Crippen molar-refractivity contribution >= 4 is 28.1 Å². The third-order valence-electron chi connectivity index (χ3n) is 6.86. The first-order valence-electron chi connectivity index (χ1n) is 11.7. The van der Waals surface area contributed by atoms with Crippen LogP contribution in [0.15, 0.2) is 42.7 Å². The maximum atomic E-state index is 14.0. The quantitative estimate of drug-likeness (QED) is 0.513. The summed E-state index contributed by atoms with van der Waals surface area (Å²) in [6.45, 7) is 1.25. The summed E-state index contributed by atoms with van der Waals surface area (Å²) in [4.78, 5) is 25.3. The van der Waals surface area contributed by atoms with Gasteiger partial charge in [-0.3, -0.25) is 14.7 Å². The molecule has 1 aliphatic carbocycles. The predicted octanol–water partition coefficient (Wildman–Crippen LogP) is 5.55. The number of halogens is 2. The number of alkyl halides is 2. The second-order valence-corrected chi connectivity index (χ2v) is 10.2. The van der Waals surface area contributed by atoms with Crippen molar-refractivity contribution < 1.29 is 13.6 Å². The van der Waals surface area contributed by atoms with E-state index in [0.29, 0.717) is 37.5 Å². The van der Waals surface area contributed by atoms with Gasteiger partial charge in [-0.15, -0.1) is 11.3 Å². The zero-order valence-electron chi connectivity index (χ0n) is 18.5. The normalized spacial score (nSPS) is 20.2. The lowest BCUT2D eigenvalue weighted by molar-refractivity contribution is -0.0140. The molecule has 33 heavy (non-hydrogen) atoms. The Bertz CT molecular complexity index is 1130. The fourth-order valence-electron chi connectivity index (χ4n) is 4.69. The molecule has 1 amide bonds. The lowest BCUT2D eigenvalue weighted by Crippen LogP contribution is -2.38. The van der Waals surface area contributed by atoms with Crippen LogP contribution in [0.3, 0.4) is 0 Å². The van der Waals surface area contributed by atoms with Crippen LogP contribution in [0.2, 0.25) is 0 Å². The van der Waals surface area contributed by atoms with E-state index in [4.69, 9.17) is 0 Å². The lowest BCUT2D eigenvalue weighted by atomic mass is 9.86. The standard InChI is InChI=1S/C25H28F2N4OS/c26-25(27)10-4-13-31(14-11-25)21(22-16-30-24(33-22)17-5-1-6-17)15-29-23(32)19-7-2-9-20-18(19)8-3-12-28-20/h2-3,7-9,12,16-17,21H,1,4-6,10-11,13-15H2,(H,29,32). The van der Waals surface area contributed by atoms with Crippen LogP contribution in [0.25, 0.3) is 10.9 Å². The van der Waals surface area contributed by atoms with E-state index in [1.54, 1.807) is 23.6 Å². The monoisotopic (exact) mass is 470 g/mol. The van der Waals surface area contributed by atoms with E-state index in [1.165, 1.54) is 19.3 Å². The molecule has 1 unspecified atom stereocenters. The van der Waals surface area contributed by atoms with Gasteiger partial charge in [0.2, 0.25) is 5.92 Å². The number of fused-ring (bicyclic) bond motifs is 1. The molecule has 2 aromatic heterocycles. The van der Waals surface area contributed by atoms with Crippen LogP contribution in [0.1, 0.15) is 70.7 Å². The van der Waals surface area contributed by atoms with E-state index in [1.807, 2.05) is 30.5 Å². The first-order chi connectivity index (χ1) is 16.0. The Morgan fingerprint density at radius 3 is 2.85 bits per heavy atom. The number of carbonyl (C=O) groups excluding carboxylic acids is 1. The van der Waals surface area contributed by atoms with Gasteiger partial charge in [0.05, 0.1) is 16.6 Å². The van der Waals surface area contributed by atoms with Crippen molar-refractivity contribution in [3.05, 3.63) is 58.2 Å². The van der Waals surface area contributed by atoms with Gasteiger partial charge in [-0.05, 0) is 44.0 Å². The SMILES string of the molecule is O=C(NCC(c1cnc(C2CCC2)s1)N1CCCC(F)(F)CC1)c1cccc2ncccc12. The highest BCUT2D eigenvalue weighted by Gasteiger charge is 2.35. The van der Waals surface area contributed by atoms with Crippen molar-refractivity contribution in [1.82, 2.24) is 20.2 Å². The average Bonchev–Trinajstić information content (AvgIpc) is 3.16. The summed E-state index contributed by atoms with van der Waals surface area (Å²) in [5.41, 5.74) is 1.34. The van der Waals surface area contributed by atoms with Crippen LogP contribution in [0, 0.1) is 0 Å². The number of aromatic nitrogens is 2. The molecule has 1 atom stereocenters. The van der Waals surface area contributed by atoms with Crippen LogP contribution in [0.5, 0.6) is 0 Å². The topological polar surface area (TPSA) is 58.1 Å². The second kappa shape index (κ2) is 9.43. The number of nitrogens with zero attached hydrogens (tertiary/aromatic N) is 3. The van der Waals surface area contributed by atoms with E-state index in [2.05, 4.69) is 20.2 Å². The van der Waals surface area contributed by atoms with Crippen LogP contribution in [-0.2, 0) is 0 Å². The second-order valence-electron chi connectivity index (χ2n) is 9.08. The van der Waals surface area contributed by atoms with Crippen molar-refractivity contribution in [2.45, 2.75) is 56.4 Å². The van der Waals surface area contributed by atoms with E-state index < -0.39 is 5.92 Å². The van der Waals surface area contributed by atoms with Gasteiger partial charge >= 0.3 is 0 Å². The number of nitrogens with one attached hydrogen (secondary N) is 1. The number of likely N-dealkylation sites (tertiary alicyclic amines) is 1. The van der Waals surface area contributed by atoms with Crippen molar-refractivity contribution in [3.8, 4) is 0 Å². The first kappa shape index (κ1) is 22.3. The summed E-state index contributed by atoms with van der Waals surface area (Å²) in [7, 11) is 0. The molecule has 1 saturated carbocycles. The molecule has 0 spiro atoms. The molecule has 5 nitrogen and oxygen atoms in total. The maximum absolute atomic E-state index is 14.0. The van der Waals surface area contributed by atoms with Gasteiger partial charge in [0.15, 0.2) is 0 Å². The molecule has 0 bridgehead atoms. The van der Waals surface area contributed by atoms with Gasteiger partial charge in [-0.1, -0.05) is 18.6 Å². The first-order valence-corrected chi connectivity index (χ1v) is 12.5. The molecule has 0 radical (unpaired) electrons. The van der Waals surface area contributed by atoms with Gasteiger partial charge in [-0.25, -0.2) is 13.8 Å². The van der Waals surface area contributed by atoms with Crippen molar-refractivity contribution in [2.24, 2.45) is 0 Å². The number of hydrogen-bond donors (Lipinski definition) is 1. The minimum absolute atomic E-state index is 0.0817. The Morgan fingerprint density at radius 1 is 1.15 bits per heavy atom. The Morgan fingerprint density at radius 2 is 2.03 bits per heavy atom. The zero-order chi connectivity index (χ0) is 22.8. The molecule has 174 valence electrons. The van der Waals surface area contributed by atoms with Crippen LogP contribution >= 0.6 is 11.3 Å². The van der Waals surface area contributed by atoms with Crippen molar-refractivity contribution in [1.29, 1.82) is 0 Å². The summed E-state index contributed by atoms with van der Waals surface area (Å²) < 4.78 is 28.1. The number of rotatable bonds is 6. The molecular formula is C25H28F2N4OS. The maximum Gasteiger partial charge on any atom is 0.252 e. The third kappa shape index (κ3) is 4.92. The molecule has 2 aliphatic rings. The molecule has 8 heteroatoms. The Labute approximate surface area is 196 Å². The summed E-state index contributed by atoms with van der Waals surface area (Å²) >= 11 is 1.67. The molecule has 3 heterocycles. The minimum atomic E-state index is -2.62. The molecule has 1 aromatic carbocycles. The van der Waals surface area contributed by atoms with Crippen LogP contribution < -0.4 is 5.32 Å². The summed E-state index contributed by atoms with van der Waals surface area (Å²) in [5.74, 6) is -2.28. The molecule has 1 saturated heterocycles. The Hall–Kier alpha value is -2.45. The largest absolute Gasteiger partial charge is 0.350 e. The highest BCUT2D eigenvalue weighted by atomic mass is 32.1. The number of amides is 1. The van der Waals surface area contributed by atoms with E-state index in [-0.39, 0.29) is 24.8 Å². The van der Waals surface area contributed by atoms with Gasteiger partial charge in [0.1, 0.15) is 0 Å². The number of benzene rings is 1. The summed E-state index contributed by atoms with van der Waals surface area (Å²) in [6.07, 6.45) is 7.38. The van der Waals surface area contributed by atoms with Gasteiger partial charge in [0.25, 0.3) is 5.91 Å². The molecule has 5 rings (SSSR count). The molecule has 3 aromatic rings. The van der Waals surface area contributed by atoms with Crippen molar-refractivity contribution in [3.63, 3.8) is 0 Å². The molecular weight excluding hydrogens is 442 g/mol.